The van der Waals surface area contributed by atoms with Gasteiger partial charge in [-0.3, -0.25) is 0 Å². The lowest BCUT2D eigenvalue weighted by atomic mass is 9.85. The first-order valence-corrected chi connectivity index (χ1v) is 4.21. The summed E-state index contributed by atoms with van der Waals surface area (Å²) < 4.78 is 1.62. The Morgan fingerprint density at radius 1 is 1.55 bits per heavy atom. The molecule has 1 fully saturated rings. The number of rotatable bonds is 1. The highest BCUT2D eigenvalue weighted by Crippen LogP contribution is 2.34. The second kappa shape index (κ2) is 2.48. The van der Waals surface area contributed by atoms with Crippen LogP contribution in [0.1, 0.15) is 31.0 Å². The monoisotopic (exact) mass is 171 g/mol. The highest BCUT2D eigenvalue weighted by atomic mass is 35.5. The van der Waals surface area contributed by atoms with E-state index in [1.807, 2.05) is 7.05 Å². The normalized spacial score (nSPS) is 18.4. The molecule has 0 aliphatic heterocycles. The van der Waals surface area contributed by atoms with Gasteiger partial charge in [0.2, 0.25) is 5.28 Å². The molecule has 1 aromatic heterocycles. The summed E-state index contributed by atoms with van der Waals surface area (Å²) in [6.07, 6.45) is 3.75. The van der Waals surface area contributed by atoms with Gasteiger partial charge in [-0.2, -0.15) is 5.10 Å². The summed E-state index contributed by atoms with van der Waals surface area (Å²) >= 11 is 5.74. The summed E-state index contributed by atoms with van der Waals surface area (Å²) in [5.74, 6) is 1.50. The SMILES string of the molecule is Cn1nc(C2CCC2)nc1Cl. The Balaban J connectivity index is 2.24. The van der Waals surface area contributed by atoms with Gasteiger partial charge in [-0.25, -0.2) is 9.67 Å². The molecule has 0 aromatic carbocycles. The van der Waals surface area contributed by atoms with Crippen LogP contribution in [0.4, 0.5) is 0 Å². The number of aromatic nitrogens is 3. The van der Waals surface area contributed by atoms with E-state index >= 15 is 0 Å². The minimum absolute atomic E-state index is 0.493. The predicted octanol–water partition coefficient (Wildman–Crippen LogP) is 1.74. The van der Waals surface area contributed by atoms with Crippen LogP contribution in [-0.2, 0) is 7.05 Å². The van der Waals surface area contributed by atoms with Crippen molar-refractivity contribution in [2.75, 3.05) is 0 Å². The second-order valence-corrected chi connectivity index (χ2v) is 3.33. The standard InChI is InChI=1S/C7H10ClN3/c1-11-7(8)9-6(10-11)5-3-2-4-5/h5H,2-4H2,1H3. The average Bonchev–Trinajstić information content (AvgIpc) is 2.08. The maximum absolute atomic E-state index is 5.74. The van der Waals surface area contributed by atoms with Crippen LogP contribution in [0.5, 0.6) is 0 Å². The molecule has 0 spiro atoms. The lowest BCUT2D eigenvalue weighted by Crippen LogP contribution is -2.10. The van der Waals surface area contributed by atoms with Crippen molar-refractivity contribution in [3.05, 3.63) is 11.1 Å². The zero-order valence-corrected chi connectivity index (χ0v) is 7.17. The van der Waals surface area contributed by atoms with Gasteiger partial charge in [0.15, 0.2) is 5.82 Å². The van der Waals surface area contributed by atoms with E-state index in [9.17, 15) is 0 Å². The van der Waals surface area contributed by atoms with Crippen LogP contribution in [0.25, 0.3) is 0 Å². The quantitative estimate of drug-likeness (QED) is 0.645. The minimum Gasteiger partial charge on any atom is -0.239 e. The van der Waals surface area contributed by atoms with Gasteiger partial charge < -0.3 is 0 Å². The van der Waals surface area contributed by atoms with Crippen LogP contribution < -0.4 is 0 Å². The molecule has 11 heavy (non-hydrogen) atoms. The number of nitrogens with zero attached hydrogens (tertiary/aromatic N) is 3. The van der Waals surface area contributed by atoms with Crippen molar-refractivity contribution in [3.8, 4) is 0 Å². The number of halogens is 1. The lowest BCUT2D eigenvalue weighted by molar-refractivity contribution is 0.400. The van der Waals surface area contributed by atoms with Crippen molar-refractivity contribution in [1.29, 1.82) is 0 Å². The number of hydrogen-bond donors (Lipinski definition) is 0. The zero-order chi connectivity index (χ0) is 7.84. The summed E-state index contributed by atoms with van der Waals surface area (Å²) in [7, 11) is 1.82. The summed E-state index contributed by atoms with van der Waals surface area (Å²) in [6.45, 7) is 0. The molecule has 1 heterocycles. The molecular formula is C7H10ClN3. The van der Waals surface area contributed by atoms with Crippen molar-refractivity contribution < 1.29 is 0 Å². The Morgan fingerprint density at radius 2 is 2.27 bits per heavy atom. The summed E-state index contributed by atoms with van der Waals surface area (Å²) in [5.41, 5.74) is 0. The van der Waals surface area contributed by atoms with Gasteiger partial charge in [0.05, 0.1) is 0 Å². The molecule has 0 bridgehead atoms. The number of aryl methyl sites for hydroxylation is 1. The third-order valence-electron chi connectivity index (χ3n) is 2.20. The van der Waals surface area contributed by atoms with Crippen LogP contribution in [0.3, 0.4) is 0 Å². The Morgan fingerprint density at radius 3 is 2.64 bits per heavy atom. The van der Waals surface area contributed by atoms with Gasteiger partial charge in [-0.15, -0.1) is 0 Å². The first kappa shape index (κ1) is 7.10. The van der Waals surface area contributed by atoms with Gasteiger partial charge in [0.25, 0.3) is 0 Å². The molecule has 60 valence electrons. The Hall–Kier alpha value is -0.570. The van der Waals surface area contributed by atoms with Crippen molar-refractivity contribution in [3.63, 3.8) is 0 Å². The van der Waals surface area contributed by atoms with E-state index in [1.165, 1.54) is 19.3 Å². The number of hydrogen-bond acceptors (Lipinski definition) is 2. The highest BCUT2D eigenvalue weighted by molar-refractivity contribution is 6.28. The van der Waals surface area contributed by atoms with Crippen molar-refractivity contribution in [1.82, 2.24) is 14.8 Å². The summed E-state index contributed by atoms with van der Waals surface area (Å²) in [6, 6.07) is 0. The molecule has 0 radical (unpaired) electrons. The zero-order valence-electron chi connectivity index (χ0n) is 6.42. The van der Waals surface area contributed by atoms with Crippen LogP contribution in [0, 0.1) is 0 Å². The van der Waals surface area contributed by atoms with Gasteiger partial charge in [0.1, 0.15) is 0 Å². The average molecular weight is 172 g/mol. The molecule has 1 saturated carbocycles. The van der Waals surface area contributed by atoms with Crippen LogP contribution in [0.15, 0.2) is 0 Å². The first-order valence-electron chi connectivity index (χ1n) is 3.84. The van der Waals surface area contributed by atoms with Crippen LogP contribution >= 0.6 is 11.6 Å². The smallest absolute Gasteiger partial charge is 0.220 e. The summed E-state index contributed by atoms with van der Waals surface area (Å²) in [5, 5.41) is 4.70. The fraction of sp³-hybridized carbons (Fsp3) is 0.714. The Bertz CT molecular complexity index is 245. The van der Waals surface area contributed by atoms with Crippen LogP contribution in [-0.4, -0.2) is 14.8 Å². The molecule has 0 atom stereocenters. The molecule has 3 nitrogen and oxygen atoms in total. The Labute approximate surface area is 70.4 Å². The highest BCUT2D eigenvalue weighted by Gasteiger charge is 2.23. The molecule has 0 amide bonds. The van der Waals surface area contributed by atoms with Gasteiger partial charge in [-0.05, 0) is 24.4 Å². The van der Waals surface area contributed by atoms with E-state index in [0.717, 1.165) is 5.82 Å². The molecule has 0 unspecified atom stereocenters. The van der Waals surface area contributed by atoms with E-state index < -0.39 is 0 Å². The van der Waals surface area contributed by atoms with Crippen molar-refractivity contribution in [2.24, 2.45) is 7.05 Å². The fourth-order valence-electron chi connectivity index (χ4n) is 1.22. The van der Waals surface area contributed by atoms with Gasteiger partial charge in [-0.1, -0.05) is 6.42 Å². The molecule has 0 N–H and O–H groups in total. The second-order valence-electron chi connectivity index (χ2n) is 2.99. The van der Waals surface area contributed by atoms with E-state index in [1.54, 1.807) is 4.68 Å². The van der Waals surface area contributed by atoms with Crippen LogP contribution in [0.2, 0.25) is 5.28 Å². The van der Waals surface area contributed by atoms with E-state index in [0.29, 0.717) is 11.2 Å². The molecule has 1 aliphatic carbocycles. The predicted molar refractivity (Wildman–Crippen MR) is 42.6 cm³/mol. The minimum atomic E-state index is 0.493. The largest absolute Gasteiger partial charge is 0.239 e. The molecule has 1 aromatic rings. The van der Waals surface area contributed by atoms with E-state index in [-0.39, 0.29) is 0 Å². The van der Waals surface area contributed by atoms with Gasteiger partial charge >= 0.3 is 0 Å². The molecule has 4 heteroatoms. The third kappa shape index (κ3) is 1.13. The fourth-order valence-corrected chi connectivity index (χ4v) is 1.35. The molecular weight excluding hydrogens is 162 g/mol. The molecule has 2 rings (SSSR count). The maximum Gasteiger partial charge on any atom is 0.220 e. The summed E-state index contributed by atoms with van der Waals surface area (Å²) in [4.78, 5) is 4.15. The van der Waals surface area contributed by atoms with E-state index in [4.69, 9.17) is 11.6 Å². The topological polar surface area (TPSA) is 30.7 Å². The first-order chi connectivity index (χ1) is 5.27. The lowest BCUT2D eigenvalue weighted by Gasteiger charge is -2.21. The van der Waals surface area contributed by atoms with Crippen molar-refractivity contribution in [2.45, 2.75) is 25.2 Å². The molecule has 1 aliphatic rings. The van der Waals surface area contributed by atoms with Gasteiger partial charge in [0, 0.05) is 13.0 Å². The molecule has 0 saturated heterocycles. The maximum atomic E-state index is 5.74. The van der Waals surface area contributed by atoms with E-state index in [2.05, 4.69) is 10.1 Å². The Kier molecular flexibility index (Phi) is 1.60. The van der Waals surface area contributed by atoms with Crippen molar-refractivity contribution >= 4 is 11.6 Å². The third-order valence-corrected chi connectivity index (χ3v) is 2.53.